The number of carbonyl (C=O) groups is 1. The van der Waals surface area contributed by atoms with Gasteiger partial charge >= 0.3 is 5.97 Å². The molecule has 82 valence electrons. The van der Waals surface area contributed by atoms with Crippen LogP contribution in [0, 0.1) is 5.92 Å². The van der Waals surface area contributed by atoms with Crippen LogP contribution < -0.4 is 5.32 Å². The fourth-order valence-electron chi connectivity index (χ4n) is 2.00. The predicted molar refractivity (Wildman–Crippen MR) is 54.1 cm³/mol. The van der Waals surface area contributed by atoms with Crippen LogP contribution in [0.3, 0.4) is 0 Å². The van der Waals surface area contributed by atoms with E-state index in [1.165, 1.54) is 7.11 Å². The molecule has 0 bridgehead atoms. The molecule has 0 aromatic carbocycles. The number of ether oxygens (including phenoxy) is 1. The summed E-state index contributed by atoms with van der Waals surface area (Å²) >= 11 is 0. The zero-order valence-corrected chi connectivity index (χ0v) is 8.69. The Morgan fingerprint density at radius 3 is 3.20 bits per heavy atom. The number of piperidine rings is 1. The molecule has 0 saturated carbocycles. The number of nitrogens with one attached hydrogen (secondary N) is 2. The molecule has 2 rings (SSSR count). The van der Waals surface area contributed by atoms with Gasteiger partial charge < -0.3 is 10.1 Å². The van der Waals surface area contributed by atoms with Gasteiger partial charge in [0.15, 0.2) is 0 Å². The highest BCUT2D eigenvalue weighted by Gasteiger charge is 2.28. The van der Waals surface area contributed by atoms with Crippen molar-refractivity contribution >= 4 is 5.97 Å². The highest BCUT2D eigenvalue weighted by Crippen LogP contribution is 2.27. The summed E-state index contributed by atoms with van der Waals surface area (Å²) in [5, 5.41) is 10.0. The van der Waals surface area contributed by atoms with Crippen molar-refractivity contribution in [1.82, 2.24) is 15.5 Å². The second-order valence-corrected chi connectivity index (χ2v) is 3.78. The first kappa shape index (κ1) is 10.2. The monoisotopic (exact) mass is 209 g/mol. The molecule has 1 aliphatic heterocycles. The number of methoxy groups -OCH3 is 1. The van der Waals surface area contributed by atoms with Crippen molar-refractivity contribution in [2.75, 3.05) is 13.7 Å². The minimum atomic E-state index is -0.106. The van der Waals surface area contributed by atoms with Crippen LogP contribution in [0.2, 0.25) is 0 Å². The lowest BCUT2D eigenvalue weighted by Crippen LogP contribution is -2.35. The van der Waals surface area contributed by atoms with Crippen LogP contribution in [0.5, 0.6) is 0 Å². The van der Waals surface area contributed by atoms with Gasteiger partial charge in [-0.15, -0.1) is 0 Å². The lowest BCUT2D eigenvalue weighted by molar-refractivity contribution is -0.146. The normalized spacial score (nSPS) is 26.2. The van der Waals surface area contributed by atoms with Gasteiger partial charge in [-0.2, -0.15) is 5.10 Å². The molecule has 15 heavy (non-hydrogen) atoms. The Labute approximate surface area is 88.2 Å². The van der Waals surface area contributed by atoms with E-state index >= 15 is 0 Å². The van der Waals surface area contributed by atoms with Gasteiger partial charge in [0.2, 0.25) is 0 Å². The molecule has 1 aromatic heterocycles. The molecule has 0 amide bonds. The zero-order valence-electron chi connectivity index (χ0n) is 8.69. The van der Waals surface area contributed by atoms with Gasteiger partial charge in [-0.05, 0) is 19.4 Å². The number of nitrogens with zero attached hydrogens (tertiary/aromatic N) is 1. The topological polar surface area (TPSA) is 67.0 Å². The molecule has 2 heterocycles. The molecule has 5 nitrogen and oxygen atoms in total. The Balaban J connectivity index is 2.01. The van der Waals surface area contributed by atoms with Crippen molar-refractivity contribution in [3.05, 3.63) is 18.0 Å². The Morgan fingerprint density at radius 1 is 1.67 bits per heavy atom. The smallest absolute Gasteiger partial charge is 0.308 e. The fraction of sp³-hybridized carbons (Fsp3) is 0.600. The largest absolute Gasteiger partial charge is 0.469 e. The van der Waals surface area contributed by atoms with E-state index in [1.807, 2.05) is 6.20 Å². The molecule has 2 unspecified atom stereocenters. The minimum Gasteiger partial charge on any atom is -0.469 e. The average molecular weight is 209 g/mol. The van der Waals surface area contributed by atoms with Gasteiger partial charge in [0.25, 0.3) is 0 Å². The number of rotatable bonds is 2. The van der Waals surface area contributed by atoms with E-state index in [0.717, 1.165) is 24.9 Å². The van der Waals surface area contributed by atoms with Crippen LogP contribution in [-0.4, -0.2) is 29.8 Å². The number of esters is 1. The van der Waals surface area contributed by atoms with E-state index in [9.17, 15) is 4.79 Å². The van der Waals surface area contributed by atoms with Crippen LogP contribution in [0.4, 0.5) is 0 Å². The third-order valence-corrected chi connectivity index (χ3v) is 2.86. The van der Waals surface area contributed by atoms with Crippen molar-refractivity contribution in [3.63, 3.8) is 0 Å². The number of carbonyl (C=O) groups excluding carboxylic acids is 1. The van der Waals surface area contributed by atoms with Crippen LogP contribution in [0.15, 0.2) is 12.4 Å². The van der Waals surface area contributed by atoms with Gasteiger partial charge in [0, 0.05) is 17.8 Å². The van der Waals surface area contributed by atoms with E-state index in [-0.39, 0.29) is 17.9 Å². The SMILES string of the molecule is COC(=O)C1CCNC(c2cn[nH]c2)C1. The molecule has 0 aliphatic carbocycles. The standard InChI is InChI=1S/C10H15N3O2/c1-15-10(14)7-2-3-11-9(4-7)8-5-12-13-6-8/h5-7,9,11H,2-4H2,1H3,(H,12,13). The number of aromatic nitrogens is 2. The summed E-state index contributed by atoms with van der Waals surface area (Å²) in [5.41, 5.74) is 1.10. The number of aromatic amines is 1. The van der Waals surface area contributed by atoms with E-state index in [0.29, 0.717) is 0 Å². The van der Waals surface area contributed by atoms with Crippen LogP contribution >= 0.6 is 0 Å². The Morgan fingerprint density at radius 2 is 2.53 bits per heavy atom. The van der Waals surface area contributed by atoms with Gasteiger partial charge in [-0.1, -0.05) is 0 Å². The fourth-order valence-corrected chi connectivity index (χ4v) is 2.00. The first-order valence-corrected chi connectivity index (χ1v) is 5.11. The van der Waals surface area contributed by atoms with Crippen LogP contribution in [0.1, 0.15) is 24.4 Å². The van der Waals surface area contributed by atoms with E-state index in [4.69, 9.17) is 4.74 Å². The first-order valence-electron chi connectivity index (χ1n) is 5.11. The van der Waals surface area contributed by atoms with E-state index in [2.05, 4.69) is 15.5 Å². The number of hydrogen-bond donors (Lipinski definition) is 2. The average Bonchev–Trinajstić information content (AvgIpc) is 2.82. The summed E-state index contributed by atoms with van der Waals surface area (Å²) in [6.45, 7) is 0.843. The molecule has 0 spiro atoms. The molecule has 2 atom stereocenters. The molecular formula is C10H15N3O2. The van der Waals surface area contributed by atoms with Gasteiger partial charge in [0.1, 0.15) is 0 Å². The second kappa shape index (κ2) is 4.44. The summed E-state index contributed by atoms with van der Waals surface area (Å²) < 4.78 is 4.77. The molecule has 2 N–H and O–H groups in total. The number of H-pyrrole nitrogens is 1. The lowest BCUT2D eigenvalue weighted by atomic mass is 9.90. The number of hydrogen-bond acceptors (Lipinski definition) is 4. The Hall–Kier alpha value is -1.36. The van der Waals surface area contributed by atoms with Gasteiger partial charge in [-0.25, -0.2) is 0 Å². The van der Waals surface area contributed by atoms with Crippen molar-refractivity contribution in [3.8, 4) is 0 Å². The Bertz CT molecular complexity index is 323. The van der Waals surface area contributed by atoms with Crippen molar-refractivity contribution in [1.29, 1.82) is 0 Å². The maximum Gasteiger partial charge on any atom is 0.308 e. The third-order valence-electron chi connectivity index (χ3n) is 2.86. The van der Waals surface area contributed by atoms with E-state index < -0.39 is 0 Å². The van der Waals surface area contributed by atoms with Gasteiger partial charge in [0.05, 0.1) is 19.2 Å². The van der Waals surface area contributed by atoms with Crippen LogP contribution in [-0.2, 0) is 9.53 Å². The van der Waals surface area contributed by atoms with E-state index in [1.54, 1.807) is 6.20 Å². The minimum absolute atomic E-state index is 0.0103. The van der Waals surface area contributed by atoms with Crippen LogP contribution in [0.25, 0.3) is 0 Å². The molecule has 1 saturated heterocycles. The molecule has 1 aromatic rings. The van der Waals surface area contributed by atoms with Crippen molar-refractivity contribution < 1.29 is 9.53 Å². The molecule has 1 fully saturated rings. The maximum absolute atomic E-state index is 11.4. The summed E-state index contributed by atoms with van der Waals surface area (Å²) in [5.74, 6) is -0.0962. The van der Waals surface area contributed by atoms with Crippen molar-refractivity contribution in [2.45, 2.75) is 18.9 Å². The molecule has 0 radical (unpaired) electrons. The highest BCUT2D eigenvalue weighted by molar-refractivity contribution is 5.72. The Kier molecular flexibility index (Phi) is 3.01. The molecular weight excluding hydrogens is 194 g/mol. The maximum atomic E-state index is 11.4. The third kappa shape index (κ3) is 2.18. The highest BCUT2D eigenvalue weighted by atomic mass is 16.5. The summed E-state index contributed by atoms with van der Waals surface area (Å²) in [4.78, 5) is 11.4. The summed E-state index contributed by atoms with van der Waals surface area (Å²) in [6, 6.07) is 0.210. The summed E-state index contributed by atoms with van der Waals surface area (Å²) in [6.07, 6.45) is 5.28. The first-order chi connectivity index (χ1) is 7.31. The van der Waals surface area contributed by atoms with Gasteiger partial charge in [-0.3, -0.25) is 9.89 Å². The molecule has 5 heteroatoms. The van der Waals surface area contributed by atoms with Crippen molar-refractivity contribution in [2.24, 2.45) is 5.92 Å². The predicted octanol–water partition coefficient (Wildman–Crippen LogP) is 0.623. The lowest BCUT2D eigenvalue weighted by Gasteiger charge is -2.28. The zero-order chi connectivity index (χ0) is 10.7. The molecule has 1 aliphatic rings. The second-order valence-electron chi connectivity index (χ2n) is 3.78. The summed E-state index contributed by atoms with van der Waals surface area (Å²) in [7, 11) is 1.44. The quantitative estimate of drug-likeness (QED) is 0.701.